The summed E-state index contributed by atoms with van der Waals surface area (Å²) in [5, 5.41) is 7.09. The average molecular weight is 496 g/mol. The van der Waals surface area contributed by atoms with E-state index < -0.39 is 12.1 Å². The highest BCUT2D eigenvalue weighted by Gasteiger charge is 2.44. The van der Waals surface area contributed by atoms with Crippen LogP contribution in [0.4, 0.5) is 21.9 Å². The molecule has 2 N–H and O–H groups in total. The normalized spacial score (nSPS) is 19.1. The van der Waals surface area contributed by atoms with E-state index in [1.165, 1.54) is 0 Å². The summed E-state index contributed by atoms with van der Waals surface area (Å²) >= 11 is 12.2. The fraction of sp³-hybridized carbons (Fsp3) is 0.231. The molecule has 0 unspecified atom stereocenters. The summed E-state index contributed by atoms with van der Waals surface area (Å²) in [7, 11) is 0. The number of urea groups is 1. The van der Waals surface area contributed by atoms with Crippen molar-refractivity contribution in [1.29, 1.82) is 0 Å². The topological polar surface area (TPSA) is 74.6 Å². The number of carbonyl (C=O) groups is 2. The summed E-state index contributed by atoms with van der Waals surface area (Å²) < 4.78 is 5.78. The zero-order chi connectivity index (χ0) is 24.0. The van der Waals surface area contributed by atoms with Gasteiger partial charge < -0.3 is 15.1 Å². The van der Waals surface area contributed by atoms with E-state index in [4.69, 9.17) is 27.6 Å². The van der Waals surface area contributed by atoms with Gasteiger partial charge >= 0.3 is 6.03 Å². The second-order valence-corrected chi connectivity index (χ2v) is 10.1. The highest BCUT2D eigenvalue weighted by Crippen LogP contribution is 2.48. The summed E-state index contributed by atoms with van der Waals surface area (Å²) in [5.41, 5.74) is 2.98. The first-order chi connectivity index (χ1) is 16.2. The molecule has 2 aromatic carbocycles. The van der Waals surface area contributed by atoms with Crippen LogP contribution in [0.15, 0.2) is 76.5 Å². The number of anilines is 3. The maximum absolute atomic E-state index is 13.8. The van der Waals surface area contributed by atoms with Crippen LogP contribution < -0.4 is 15.5 Å². The number of hydrogen-bond acceptors (Lipinski definition) is 4. The van der Waals surface area contributed by atoms with E-state index in [0.717, 1.165) is 11.4 Å². The molecule has 2 heterocycles. The number of nitrogens with one attached hydrogen (secondary N) is 2. The molecule has 0 saturated heterocycles. The first-order valence-corrected chi connectivity index (χ1v) is 11.7. The molecule has 1 atom stereocenters. The smallest absolute Gasteiger partial charge is 0.327 e. The maximum atomic E-state index is 13.8. The van der Waals surface area contributed by atoms with Gasteiger partial charge in [0.15, 0.2) is 5.78 Å². The average Bonchev–Trinajstić information content (AvgIpc) is 3.25. The Bertz CT molecular complexity index is 1310. The van der Waals surface area contributed by atoms with Crippen molar-refractivity contribution in [3.05, 3.63) is 87.9 Å². The number of benzene rings is 2. The standard InChI is InChI=1S/C26H23Cl2N3O3/c1-26(2)13-19-23(21(32)14-26)24(22-8-5-11-34-22)31(20-7-4-3-6-18(20)30-19)25(33)29-15-9-10-16(27)17(28)12-15/h3-12,24,30H,13-14H2,1-2H3,(H,29,33)/t24-/m0/s1. The van der Waals surface area contributed by atoms with E-state index in [-0.39, 0.29) is 11.2 Å². The molecule has 1 aromatic heterocycles. The maximum Gasteiger partial charge on any atom is 0.327 e. The number of nitrogens with zero attached hydrogens (tertiary/aromatic N) is 1. The molecular formula is C26H23Cl2N3O3. The van der Waals surface area contributed by atoms with Gasteiger partial charge in [-0.25, -0.2) is 4.79 Å². The minimum atomic E-state index is -0.743. The van der Waals surface area contributed by atoms with E-state index in [1.54, 1.807) is 41.5 Å². The number of para-hydroxylation sites is 2. The Kier molecular flexibility index (Phi) is 5.66. The largest absolute Gasteiger partial charge is 0.467 e. The monoisotopic (exact) mass is 495 g/mol. The number of Topliss-reactive ketones (excluding diaryl/α,β-unsaturated/α-hetero) is 1. The molecular weight excluding hydrogens is 473 g/mol. The lowest BCUT2D eigenvalue weighted by molar-refractivity contribution is -0.118. The Balaban J connectivity index is 1.67. The van der Waals surface area contributed by atoms with Crippen molar-refractivity contribution >= 4 is 52.1 Å². The lowest BCUT2D eigenvalue weighted by Crippen LogP contribution is -2.41. The van der Waals surface area contributed by atoms with E-state index >= 15 is 0 Å². The van der Waals surface area contributed by atoms with Gasteiger partial charge in [-0.3, -0.25) is 9.69 Å². The molecule has 6 nitrogen and oxygen atoms in total. The Labute approximate surface area is 207 Å². The molecule has 1 aliphatic carbocycles. The van der Waals surface area contributed by atoms with Gasteiger partial charge in [-0.2, -0.15) is 0 Å². The number of allylic oxidation sites excluding steroid dienone is 1. The van der Waals surface area contributed by atoms with Gasteiger partial charge in [0.2, 0.25) is 0 Å². The van der Waals surface area contributed by atoms with Crippen LogP contribution in [0, 0.1) is 5.41 Å². The molecule has 1 aliphatic heterocycles. The molecule has 34 heavy (non-hydrogen) atoms. The molecule has 174 valence electrons. The molecule has 0 fully saturated rings. The molecule has 0 bridgehead atoms. The van der Waals surface area contributed by atoms with Gasteiger partial charge in [-0.15, -0.1) is 0 Å². The van der Waals surface area contributed by atoms with Crippen LogP contribution >= 0.6 is 23.2 Å². The number of ketones is 1. The highest BCUT2D eigenvalue weighted by molar-refractivity contribution is 6.42. The Morgan fingerprint density at radius 1 is 1.09 bits per heavy atom. The first kappa shape index (κ1) is 22.6. The van der Waals surface area contributed by atoms with Gasteiger partial charge in [0.1, 0.15) is 11.8 Å². The lowest BCUT2D eigenvalue weighted by atomic mass is 9.74. The number of carbonyl (C=O) groups excluding carboxylic acids is 2. The molecule has 0 radical (unpaired) electrons. The minimum absolute atomic E-state index is 0.0136. The van der Waals surface area contributed by atoms with E-state index in [0.29, 0.717) is 45.6 Å². The van der Waals surface area contributed by atoms with Gasteiger partial charge in [0.05, 0.1) is 27.7 Å². The molecule has 8 heteroatoms. The molecule has 3 aromatic rings. The third-order valence-electron chi connectivity index (χ3n) is 6.10. The number of furan rings is 1. The van der Waals surface area contributed by atoms with Crippen molar-refractivity contribution in [1.82, 2.24) is 0 Å². The summed E-state index contributed by atoms with van der Waals surface area (Å²) in [6, 6.07) is 14.7. The third kappa shape index (κ3) is 4.08. The van der Waals surface area contributed by atoms with Crippen molar-refractivity contribution in [3.8, 4) is 0 Å². The van der Waals surface area contributed by atoms with Crippen molar-refractivity contribution in [2.24, 2.45) is 5.41 Å². The minimum Gasteiger partial charge on any atom is -0.467 e. The third-order valence-corrected chi connectivity index (χ3v) is 6.84. The predicted octanol–water partition coefficient (Wildman–Crippen LogP) is 7.43. The Morgan fingerprint density at radius 3 is 2.62 bits per heavy atom. The van der Waals surface area contributed by atoms with Gasteiger partial charge in [0, 0.05) is 23.4 Å². The molecule has 0 saturated carbocycles. The summed E-state index contributed by atoms with van der Waals surface area (Å²) in [6.07, 6.45) is 2.59. The summed E-state index contributed by atoms with van der Waals surface area (Å²) in [6.45, 7) is 4.15. The fourth-order valence-electron chi connectivity index (χ4n) is 4.68. The zero-order valence-electron chi connectivity index (χ0n) is 18.7. The number of hydrogen-bond donors (Lipinski definition) is 2. The van der Waals surface area contributed by atoms with Crippen LogP contribution in [-0.4, -0.2) is 11.8 Å². The second kappa shape index (κ2) is 8.53. The van der Waals surface area contributed by atoms with Gasteiger partial charge in [-0.05, 0) is 54.3 Å². The highest BCUT2D eigenvalue weighted by atomic mass is 35.5. The van der Waals surface area contributed by atoms with Crippen molar-refractivity contribution in [3.63, 3.8) is 0 Å². The van der Waals surface area contributed by atoms with Crippen molar-refractivity contribution in [2.45, 2.75) is 32.7 Å². The van der Waals surface area contributed by atoms with Gasteiger partial charge in [0.25, 0.3) is 0 Å². The Hall–Kier alpha value is -3.22. The van der Waals surface area contributed by atoms with Crippen LogP contribution in [0.2, 0.25) is 10.0 Å². The number of fused-ring (bicyclic) bond motifs is 1. The summed E-state index contributed by atoms with van der Waals surface area (Å²) in [5.74, 6) is 0.489. The van der Waals surface area contributed by atoms with E-state index in [1.807, 2.05) is 24.3 Å². The van der Waals surface area contributed by atoms with Crippen LogP contribution in [-0.2, 0) is 4.79 Å². The fourth-order valence-corrected chi connectivity index (χ4v) is 4.98. The van der Waals surface area contributed by atoms with Crippen LogP contribution in [0.5, 0.6) is 0 Å². The number of rotatable bonds is 2. The second-order valence-electron chi connectivity index (χ2n) is 9.32. The SMILES string of the molecule is CC1(C)CC(=O)C2=C(C1)Nc1ccccc1N(C(=O)Nc1ccc(Cl)c(Cl)c1)[C@H]2c1ccco1. The lowest BCUT2D eigenvalue weighted by Gasteiger charge is -2.36. The predicted molar refractivity (Wildman–Crippen MR) is 135 cm³/mol. The number of amides is 2. The number of halogens is 2. The Morgan fingerprint density at radius 2 is 1.88 bits per heavy atom. The molecule has 5 rings (SSSR count). The van der Waals surface area contributed by atoms with Crippen molar-refractivity contribution < 1.29 is 14.0 Å². The van der Waals surface area contributed by atoms with Crippen LogP contribution in [0.3, 0.4) is 0 Å². The van der Waals surface area contributed by atoms with Crippen molar-refractivity contribution in [2.75, 3.05) is 15.5 Å². The first-order valence-electron chi connectivity index (χ1n) is 10.9. The molecule has 2 amide bonds. The van der Waals surface area contributed by atoms with E-state index in [2.05, 4.69) is 24.5 Å². The van der Waals surface area contributed by atoms with E-state index in [9.17, 15) is 9.59 Å². The summed E-state index contributed by atoms with van der Waals surface area (Å²) in [4.78, 5) is 28.9. The van der Waals surface area contributed by atoms with Crippen LogP contribution in [0.1, 0.15) is 38.5 Å². The van der Waals surface area contributed by atoms with Crippen LogP contribution in [0.25, 0.3) is 0 Å². The molecule has 2 aliphatic rings. The quantitative estimate of drug-likeness (QED) is 0.387. The molecule has 0 spiro atoms. The van der Waals surface area contributed by atoms with Gasteiger partial charge in [-0.1, -0.05) is 49.2 Å². The zero-order valence-corrected chi connectivity index (χ0v) is 20.2.